The molecule has 0 heterocycles. The fourth-order valence-corrected chi connectivity index (χ4v) is 3.09. The normalized spacial score (nSPS) is 11.1. The first-order chi connectivity index (χ1) is 10.0. The zero-order valence-electron chi connectivity index (χ0n) is 12.3. The molecule has 0 saturated carbocycles. The van der Waals surface area contributed by atoms with Gasteiger partial charge in [0.2, 0.25) is 0 Å². The van der Waals surface area contributed by atoms with Crippen molar-refractivity contribution >= 4 is 21.4 Å². The number of aryl methyl sites for hydroxylation is 1. The molecule has 0 amide bonds. The molecule has 0 radical (unpaired) electrons. The van der Waals surface area contributed by atoms with Crippen LogP contribution < -0.4 is 10.0 Å². The van der Waals surface area contributed by atoms with Crippen LogP contribution in [-0.4, -0.2) is 15.0 Å². The molecule has 4 nitrogen and oxygen atoms in total. The summed E-state index contributed by atoms with van der Waals surface area (Å²) in [6.45, 7) is 4.86. The van der Waals surface area contributed by atoms with Crippen LogP contribution in [0.25, 0.3) is 0 Å². The summed E-state index contributed by atoms with van der Waals surface area (Å²) in [5.41, 5.74) is 2.45. The van der Waals surface area contributed by atoms with Gasteiger partial charge in [-0.1, -0.05) is 19.1 Å². The molecule has 0 saturated heterocycles. The summed E-state index contributed by atoms with van der Waals surface area (Å²) in [7, 11) is -3.54. The van der Waals surface area contributed by atoms with Gasteiger partial charge in [-0.05, 0) is 55.3 Å². The van der Waals surface area contributed by atoms with Crippen LogP contribution >= 0.6 is 0 Å². The molecule has 0 bridgehead atoms. The number of nitrogens with one attached hydrogen (secondary N) is 2. The molecule has 5 heteroatoms. The third-order valence-electron chi connectivity index (χ3n) is 3.02. The quantitative estimate of drug-likeness (QED) is 0.857. The van der Waals surface area contributed by atoms with Crippen LogP contribution in [0, 0.1) is 6.92 Å². The average molecular weight is 304 g/mol. The first kappa shape index (κ1) is 15.4. The van der Waals surface area contributed by atoms with E-state index in [1.54, 1.807) is 30.3 Å². The molecule has 0 aromatic heterocycles. The second-order valence-electron chi connectivity index (χ2n) is 4.93. The minimum absolute atomic E-state index is 0.274. The molecule has 2 aromatic carbocycles. The van der Waals surface area contributed by atoms with Gasteiger partial charge in [-0.2, -0.15) is 0 Å². The molecule has 0 unspecified atom stereocenters. The molecule has 21 heavy (non-hydrogen) atoms. The molecule has 0 aliphatic carbocycles. The number of anilines is 2. The highest BCUT2D eigenvalue weighted by Gasteiger charge is 2.13. The van der Waals surface area contributed by atoms with Gasteiger partial charge in [0.15, 0.2) is 0 Å². The lowest BCUT2D eigenvalue weighted by Gasteiger charge is -2.10. The number of hydrogen-bond donors (Lipinski definition) is 2. The van der Waals surface area contributed by atoms with Crippen LogP contribution in [0.3, 0.4) is 0 Å². The van der Waals surface area contributed by atoms with E-state index < -0.39 is 10.0 Å². The van der Waals surface area contributed by atoms with E-state index in [0.29, 0.717) is 5.69 Å². The van der Waals surface area contributed by atoms with E-state index in [0.717, 1.165) is 24.2 Å². The van der Waals surface area contributed by atoms with Crippen LogP contribution in [-0.2, 0) is 10.0 Å². The van der Waals surface area contributed by atoms with E-state index in [9.17, 15) is 8.42 Å². The molecule has 2 rings (SSSR count). The number of sulfonamides is 1. The van der Waals surface area contributed by atoms with Crippen molar-refractivity contribution in [3.8, 4) is 0 Å². The summed E-state index contributed by atoms with van der Waals surface area (Å²) in [6, 6.07) is 14.1. The predicted molar refractivity (Wildman–Crippen MR) is 87.2 cm³/mol. The second kappa shape index (κ2) is 6.63. The predicted octanol–water partition coefficient (Wildman–Crippen LogP) is 3.62. The topological polar surface area (TPSA) is 58.2 Å². The maximum absolute atomic E-state index is 12.3. The molecule has 0 aliphatic rings. The zero-order valence-corrected chi connectivity index (χ0v) is 13.1. The van der Waals surface area contributed by atoms with Gasteiger partial charge in [0, 0.05) is 17.9 Å². The Kier molecular flexibility index (Phi) is 4.85. The van der Waals surface area contributed by atoms with Crippen molar-refractivity contribution in [2.24, 2.45) is 0 Å². The minimum atomic E-state index is -3.54. The van der Waals surface area contributed by atoms with Crippen LogP contribution in [0.15, 0.2) is 53.4 Å². The summed E-state index contributed by atoms with van der Waals surface area (Å²) in [4.78, 5) is 0.274. The second-order valence-corrected chi connectivity index (χ2v) is 6.61. The molecular formula is C16H20N2O2S. The van der Waals surface area contributed by atoms with Crippen molar-refractivity contribution in [2.45, 2.75) is 25.2 Å². The molecule has 0 aliphatic heterocycles. The molecule has 2 aromatic rings. The first-order valence-electron chi connectivity index (χ1n) is 6.94. The summed E-state index contributed by atoms with van der Waals surface area (Å²) in [6.07, 6.45) is 1.04. The molecule has 112 valence electrons. The Morgan fingerprint density at radius 3 is 2.29 bits per heavy atom. The fourth-order valence-electron chi connectivity index (χ4n) is 1.92. The summed E-state index contributed by atoms with van der Waals surface area (Å²) in [5, 5.41) is 3.25. The van der Waals surface area contributed by atoms with E-state index in [1.165, 1.54) is 0 Å². The van der Waals surface area contributed by atoms with Crippen molar-refractivity contribution in [1.29, 1.82) is 0 Å². The Hall–Kier alpha value is -2.01. The highest BCUT2D eigenvalue weighted by Crippen LogP contribution is 2.19. The van der Waals surface area contributed by atoms with Gasteiger partial charge in [0.05, 0.1) is 4.90 Å². The zero-order chi connectivity index (χ0) is 15.3. The van der Waals surface area contributed by atoms with Gasteiger partial charge in [0.25, 0.3) is 10.0 Å². The van der Waals surface area contributed by atoms with E-state index >= 15 is 0 Å². The lowest BCUT2D eigenvalue weighted by atomic mass is 10.2. The van der Waals surface area contributed by atoms with Gasteiger partial charge in [-0.3, -0.25) is 4.72 Å². The van der Waals surface area contributed by atoms with Gasteiger partial charge < -0.3 is 5.32 Å². The van der Waals surface area contributed by atoms with Gasteiger partial charge in [-0.15, -0.1) is 0 Å². The van der Waals surface area contributed by atoms with Crippen LogP contribution in [0.5, 0.6) is 0 Å². The third kappa shape index (κ3) is 4.23. The van der Waals surface area contributed by atoms with Crippen LogP contribution in [0.4, 0.5) is 11.4 Å². The summed E-state index contributed by atoms with van der Waals surface area (Å²) in [5.74, 6) is 0. The average Bonchev–Trinajstić information content (AvgIpc) is 2.46. The Labute approximate surface area is 126 Å². The number of rotatable bonds is 6. The molecular weight excluding hydrogens is 284 g/mol. The monoisotopic (exact) mass is 304 g/mol. The highest BCUT2D eigenvalue weighted by atomic mass is 32.2. The SMILES string of the molecule is CCCNc1ccc(NS(=O)(=O)c2cccc(C)c2)cc1. The van der Waals surface area contributed by atoms with Crippen molar-refractivity contribution < 1.29 is 8.42 Å². The molecule has 2 N–H and O–H groups in total. The fraction of sp³-hybridized carbons (Fsp3) is 0.250. The molecule has 0 atom stereocenters. The Morgan fingerprint density at radius 1 is 1.00 bits per heavy atom. The van der Waals surface area contributed by atoms with Gasteiger partial charge in [0.1, 0.15) is 0 Å². The Balaban J connectivity index is 2.13. The van der Waals surface area contributed by atoms with Gasteiger partial charge in [-0.25, -0.2) is 8.42 Å². The molecule has 0 spiro atoms. The highest BCUT2D eigenvalue weighted by molar-refractivity contribution is 7.92. The van der Waals surface area contributed by atoms with E-state index in [4.69, 9.17) is 0 Å². The smallest absolute Gasteiger partial charge is 0.261 e. The largest absolute Gasteiger partial charge is 0.385 e. The lowest BCUT2D eigenvalue weighted by Crippen LogP contribution is -2.13. The maximum atomic E-state index is 12.3. The maximum Gasteiger partial charge on any atom is 0.261 e. The lowest BCUT2D eigenvalue weighted by molar-refractivity contribution is 0.601. The van der Waals surface area contributed by atoms with Gasteiger partial charge >= 0.3 is 0 Å². The Morgan fingerprint density at radius 2 is 1.67 bits per heavy atom. The Bertz CT molecular complexity index is 694. The van der Waals surface area contributed by atoms with Crippen LogP contribution in [0.1, 0.15) is 18.9 Å². The minimum Gasteiger partial charge on any atom is -0.385 e. The van der Waals surface area contributed by atoms with E-state index in [2.05, 4.69) is 17.0 Å². The number of hydrogen-bond acceptors (Lipinski definition) is 3. The summed E-state index contributed by atoms with van der Waals surface area (Å²) < 4.78 is 27.2. The standard InChI is InChI=1S/C16H20N2O2S/c1-3-11-17-14-7-9-15(10-8-14)18-21(19,20)16-6-4-5-13(2)12-16/h4-10,12,17-18H,3,11H2,1-2H3. The third-order valence-corrected chi connectivity index (χ3v) is 4.40. The van der Waals surface area contributed by atoms with Crippen molar-refractivity contribution in [1.82, 2.24) is 0 Å². The summed E-state index contributed by atoms with van der Waals surface area (Å²) >= 11 is 0. The molecule has 0 fully saturated rings. The van der Waals surface area contributed by atoms with Crippen molar-refractivity contribution in [2.75, 3.05) is 16.6 Å². The van der Waals surface area contributed by atoms with E-state index in [1.807, 2.05) is 25.1 Å². The van der Waals surface area contributed by atoms with Crippen molar-refractivity contribution in [3.63, 3.8) is 0 Å². The first-order valence-corrected chi connectivity index (χ1v) is 8.43. The van der Waals surface area contributed by atoms with E-state index in [-0.39, 0.29) is 4.90 Å². The van der Waals surface area contributed by atoms with Crippen LogP contribution in [0.2, 0.25) is 0 Å². The van der Waals surface area contributed by atoms with Crippen molar-refractivity contribution in [3.05, 3.63) is 54.1 Å². The number of benzene rings is 2.